The predicted molar refractivity (Wildman–Crippen MR) is 103 cm³/mol. The van der Waals surface area contributed by atoms with Crippen molar-refractivity contribution < 1.29 is 4.79 Å². The van der Waals surface area contributed by atoms with Crippen molar-refractivity contribution in [1.29, 1.82) is 0 Å². The molecule has 0 radical (unpaired) electrons. The van der Waals surface area contributed by atoms with Crippen molar-refractivity contribution in [3.8, 4) is 10.6 Å². The molecule has 0 saturated carbocycles. The Kier molecular flexibility index (Phi) is 4.88. The molecule has 1 amide bonds. The summed E-state index contributed by atoms with van der Waals surface area (Å²) in [6.45, 7) is 6.42. The molecule has 3 rings (SSSR count). The van der Waals surface area contributed by atoms with Gasteiger partial charge in [0.05, 0.1) is 5.02 Å². The third-order valence-electron chi connectivity index (χ3n) is 3.76. The van der Waals surface area contributed by atoms with Gasteiger partial charge in [-0.2, -0.15) is 0 Å². The van der Waals surface area contributed by atoms with E-state index in [0.29, 0.717) is 20.7 Å². The summed E-state index contributed by atoms with van der Waals surface area (Å²) in [5, 5.41) is 12.7. The zero-order valence-corrected chi connectivity index (χ0v) is 15.8. The fourth-order valence-electron chi connectivity index (χ4n) is 2.31. The molecule has 1 aromatic heterocycles. The summed E-state index contributed by atoms with van der Waals surface area (Å²) >= 11 is 7.46. The summed E-state index contributed by atoms with van der Waals surface area (Å²) in [5.74, 6) is -0.206. The van der Waals surface area contributed by atoms with E-state index < -0.39 is 0 Å². The number of nitrogens with one attached hydrogen (secondary N) is 1. The van der Waals surface area contributed by atoms with Gasteiger partial charge in [0, 0.05) is 11.1 Å². The van der Waals surface area contributed by atoms with Crippen LogP contribution in [0.15, 0.2) is 48.5 Å². The first-order valence-corrected chi connectivity index (χ1v) is 9.04. The first-order valence-electron chi connectivity index (χ1n) is 7.85. The smallest absolute Gasteiger partial charge is 0.257 e. The number of halogens is 1. The average molecular weight is 372 g/mol. The number of carbonyl (C=O) groups is 1. The van der Waals surface area contributed by atoms with Gasteiger partial charge in [0.25, 0.3) is 5.91 Å². The minimum Gasteiger partial charge on any atom is -0.296 e. The highest BCUT2D eigenvalue weighted by molar-refractivity contribution is 7.18. The van der Waals surface area contributed by atoms with Crippen molar-refractivity contribution in [3.05, 3.63) is 64.7 Å². The highest BCUT2D eigenvalue weighted by atomic mass is 35.5. The number of carbonyl (C=O) groups excluding carboxylic acids is 1. The van der Waals surface area contributed by atoms with Crippen molar-refractivity contribution in [2.24, 2.45) is 0 Å². The molecule has 0 aliphatic carbocycles. The maximum absolute atomic E-state index is 12.4. The van der Waals surface area contributed by atoms with Gasteiger partial charge < -0.3 is 0 Å². The Hall–Kier alpha value is -2.24. The van der Waals surface area contributed by atoms with Gasteiger partial charge in [0.1, 0.15) is 0 Å². The Morgan fingerprint density at radius 1 is 1.04 bits per heavy atom. The molecule has 1 N–H and O–H groups in total. The second kappa shape index (κ2) is 6.94. The number of nitrogens with zero attached hydrogens (tertiary/aromatic N) is 2. The molecule has 0 bridgehead atoms. The lowest BCUT2D eigenvalue weighted by Gasteiger charge is -2.18. The summed E-state index contributed by atoms with van der Waals surface area (Å²) in [6.07, 6.45) is 0. The molecule has 4 nitrogen and oxygen atoms in total. The minimum atomic E-state index is -0.206. The Morgan fingerprint density at radius 3 is 2.36 bits per heavy atom. The molecule has 1 heterocycles. The molecule has 0 aliphatic heterocycles. The molecular weight excluding hydrogens is 354 g/mol. The summed E-state index contributed by atoms with van der Waals surface area (Å²) in [7, 11) is 0. The minimum absolute atomic E-state index is 0.0537. The number of benzene rings is 2. The van der Waals surface area contributed by atoms with Crippen LogP contribution < -0.4 is 5.32 Å². The molecular formula is C19H18ClN3OS. The average Bonchev–Trinajstić information content (AvgIpc) is 3.03. The van der Waals surface area contributed by atoms with E-state index in [0.717, 1.165) is 5.56 Å². The molecule has 0 fully saturated rings. The molecule has 3 aromatic rings. The van der Waals surface area contributed by atoms with E-state index in [-0.39, 0.29) is 11.3 Å². The molecule has 0 saturated heterocycles. The fourth-order valence-corrected chi connectivity index (χ4v) is 3.37. The summed E-state index contributed by atoms with van der Waals surface area (Å²) in [5.41, 5.74) is 2.62. The van der Waals surface area contributed by atoms with E-state index in [1.165, 1.54) is 16.9 Å². The maximum atomic E-state index is 12.4. The highest BCUT2D eigenvalue weighted by Gasteiger charge is 2.16. The predicted octanol–water partition coefficient (Wildman–Crippen LogP) is 5.41. The van der Waals surface area contributed by atoms with E-state index in [9.17, 15) is 4.79 Å². The van der Waals surface area contributed by atoms with Gasteiger partial charge in [-0.05, 0) is 29.2 Å². The van der Waals surface area contributed by atoms with Crippen LogP contribution in [0.3, 0.4) is 0 Å². The van der Waals surface area contributed by atoms with Crippen molar-refractivity contribution in [2.75, 3.05) is 5.32 Å². The van der Waals surface area contributed by atoms with Crippen LogP contribution in [0.1, 0.15) is 36.7 Å². The van der Waals surface area contributed by atoms with Gasteiger partial charge in [-0.1, -0.05) is 74.0 Å². The van der Waals surface area contributed by atoms with Gasteiger partial charge in [-0.3, -0.25) is 10.1 Å². The second-order valence-electron chi connectivity index (χ2n) is 6.67. The zero-order chi connectivity index (χ0) is 18.0. The highest BCUT2D eigenvalue weighted by Crippen LogP contribution is 2.31. The van der Waals surface area contributed by atoms with Gasteiger partial charge in [0.15, 0.2) is 5.01 Å². The zero-order valence-electron chi connectivity index (χ0n) is 14.2. The fraction of sp³-hybridized carbons (Fsp3) is 0.211. The van der Waals surface area contributed by atoms with E-state index >= 15 is 0 Å². The first-order chi connectivity index (χ1) is 11.8. The number of hydrogen-bond acceptors (Lipinski definition) is 4. The van der Waals surface area contributed by atoms with Crippen LogP contribution in [0.2, 0.25) is 5.02 Å². The SMILES string of the molecule is CC(C)(C)c1ccc(C(=O)Nc2nnc(-c3ccccc3Cl)s2)cc1. The van der Waals surface area contributed by atoms with Gasteiger partial charge in [0.2, 0.25) is 5.13 Å². The van der Waals surface area contributed by atoms with Crippen LogP contribution in [0.5, 0.6) is 0 Å². The lowest BCUT2D eigenvalue weighted by Crippen LogP contribution is -2.14. The van der Waals surface area contributed by atoms with Gasteiger partial charge >= 0.3 is 0 Å². The largest absolute Gasteiger partial charge is 0.296 e. The molecule has 25 heavy (non-hydrogen) atoms. The van der Waals surface area contributed by atoms with Crippen LogP contribution in [0.25, 0.3) is 10.6 Å². The molecule has 0 spiro atoms. The first kappa shape index (κ1) is 17.6. The standard InChI is InChI=1S/C19H18ClN3OS/c1-19(2,3)13-10-8-12(9-11-13)16(24)21-18-23-22-17(25-18)14-6-4-5-7-15(14)20/h4-11H,1-3H3,(H,21,23,24). The quantitative estimate of drug-likeness (QED) is 0.669. The van der Waals surface area contributed by atoms with Crippen molar-refractivity contribution >= 4 is 34.0 Å². The normalized spacial score (nSPS) is 11.4. The Balaban J connectivity index is 1.75. The lowest BCUT2D eigenvalue weighted by atomic mass is 9.87. The molecule has 128 valence electrons. The van der Waals surface area contributed by atoms with E-state index in [1.807, 2.05) is 42.5 Å². The third kappa shape index (κ3) is 4.06. The Bertz CT molecular complexity index is 898. The van der Waals surface area contributed by atoms with E-state index in [4.69, 9.17) is 11.6 Å². The Labute approximate surface area is 155 Å². The topological polar surface area (TPSA) is 54.9 Å². The van der Waals surface area contributed by atoms with Crippen LogP contribution in [0, 0.1) is 0 Å². The monoisotopic (exact) mass is 371 g/mol. The molecule has 6 heteroatoms. The number of amides is 1. The van der Waals surface area contributed by atoms with Crippen molar-refractivity contribution in [2.45, 2.75) is 26.2 Å². The summed E-state index contributed by atoms with van der Waals surface area (Å²) in [6, 6.07) is 15.0. The number of hydrogen-bond donors (Lipinski definition) is 1. The number of rotatable bonds is 3. The van der Waals surface area contributed by atoms with Gasteiger partial charge in [-0.25, -0.2) is 0 Å². The maximum Gasteiger partial charge on any atom is 0.257 e. The molecule has 2 aromatic carbocycles. The van der Waals surface area contributed by atoms with Crippen LogP contribution in [-0.4, -0.2) is 16.1 Å². The summed E-state index contributed by atoms with van der Waals surface area (Å²) in [4.78, 5) is 12.4. The molecule has 0 unspecified atom stereocenters. The second-order valence-corrected chi connectivity index (χ2v) is 8.06. The Morgan fingerprint density at radius 2 is 1.72 bits per heavy atom. The number of aromatic nitrogens is 2. The third-order valence-corrected chi connectivity index (χ3v) is 4.96. The lowest BCUT2D eigenvalue weighted by molar-refractivity contribution is 0.102. The molecule has 0 aliphatic rings. The van der Waals surface area contributed by atoms with E-state index in [2.05, 4.69) is 36.3 Å². The van der Waals surface area contributed by atoms with E-state index in [1.54, 1.807) is 6.07 Å². The van der Waals surface area contributed by atoms with Crippen LogP contribution >= 0.6 is 22.9 Å². The van der Waals surface area contributed by atoms with Gasteiger partial charge in [-0.15, -0.1) is 10.2 Å². The van der Waals surface area contributed by atoms with Crippen LogP contribution in [-0.2, 0) is 5.41 Å². The number of anilines is 1. The van der Waals surface area contributed by atoms with Crippen molar-refractivity contribution in [3.63, 3.8) is 0 Å². The van der Waals surface area contributed by atoms with Crippen molar-refractivity contribution in [1.82, 2.24) is 10.2 Å². The van der Waals surface area contributed by atoms with Crippen LogP contribution in [0.4, 0.5) is 5.13 Å². The summed E-state index contributed by atoms with van der Waals surface area (Å²) < 4.78 is 0. The molecule has 0 atom stereocenters.